The predicted molar refractivity (Wildman–Crippen MR) is 58.4 cm³/mol. The van der Waals surface area contributed by atoms with E-state index in [0.717, 1.165) is 5.56 Å². The van der Waals surface area contributed by atoms with Crippen molar-refractivity contribution in [3.8, 4) is 11.4 Å². The highest BCUT2D eigenvalue weighted by Crippen LogP contribution is 2.18. The molecule has 0 fully saturated rings. The van der Waals surface area contributed by atoms with Crippen LogP contribution in [-0.4, -0.2) is 24.6 Å². The number of nitrogen functional groups attached to an aromatic ring is 1. The maximum Gasteiger partial charge on any atom is 0.207 e. The van der Waals surface area contributed by atoms with Gasteiger partial charge in [0.2, 0.25) is 5.95 Å². The molecule has 0 saturated heterocycles. The van der Waals surface area contributed by atoms with E-state index in [1.165, 1.54) is 0 Å². The molecule has 0 aliphatic rings. The monoisotopic (exact) mass is 212 g/mol. The van der Waals surface area contributed by atoms with Crippen LogP contribution in [0.15, 0.2) is 36.8 Å². The van der Waals surface area contributed by atoms with Crippen LogP contribution < -0.4 is 5.73 Å². The van der Waals surface area contributed by atoms with Gasteiger partial charge < -0.3 is 5.73 Å². The van der Waals surface area contributed by atoms with Crippen molar-refractivity contribution >= 4 is 11.6 Å². The van der Waals surface area contributed by atoms with E-state index >= 15 is 0 Å². The van der Waals surface area contributed by atoms with Crippen molar-refractivity contribution < 1.29 is 0 Å². The van der Waals surface area contributed by atoms with Gasteiger partial charge in [-0.05, 0) is 12.1 Å². The lowest BCUT2D eigenvalue weighted by Gasteiger charge is -2.01. The van der Waals surface area contributed by atoms with Crippen molar-refractivity contribution in [2.24, 2.45) is 0 Å². The summed E-state index contributed by atoms with van der Waals surface area (Å²) in [6, 6.07) is 5.49. The second-order valence-electron chi connectivity index (χ2n) is 3.26. The van der Waals surface area contributed by atoms with Gasteiger partial charge in [-0.3, -0.25) is 4.98 Å². The molecule has 0 atom stereocenters. The SMILES string of the molecule is Nc1nccc2nnc(-c3cccnc3)n12. The molecule has 0 saturated carbocycles. The van der Waals surface area contributed by atoms with Crippen LogP contribution in [0.3, 0.4) is 0 Å². The van der Waals surface area contributed by atoms with Crippen LogP contribution in [0.1, 0.15) is 0 Å². The largest absolute Gasteiger partial charge is 0.369 e. The van der Waals surface area contributed by atoms with E-state index in [4.69, 9.17) is 5.73 Å². The molecule has 0 bridgehead atoms. The zero-order valence-electron chi connectivity index (χ0n) is 8.28. The van der Waals surface area contributed by atoms with Crippen LogP contribution in [0.5, 0.6) is 0 Å². The van der Waals surface area contributed by atoms with Gasteiger partial charge in [-0.1, -0.05) is 0 Å². The second kappa shape index (κ2) is 3.27. The van der Waals surface area contributed by atoms with Crippen LogP contribution >= 0.6 is 0 Å². The lowest BCUT2D eigenvalue weighted by atomic mass is 10.3. The summed E-state index contributed by atoms with van der Waals surface area (Å²) < 4.78 is 1.69. The number of pyridine rings is 1. The number of nitrogens with two attached hydrogens (primary N) is 1. The average Bonchev–Trinajstić information content (AvgIpc) is 2.75. The molecule has 3 aromatic heterocycles. The Morgan fingerprint density at radius 3 is 2.88 bits per heavy atom. The first-order chi connectivity index (χ1) is 7.86. The molecule has 0 aliphatic heterocycles. The first-order valence-electron chi connectivity index (χ1n) is 4.72. The fourth-order valence-electron chi connectivity index (χ4n) is 1.55. The van der Waals surface area contributed by atoms with Crippen molar-refractivity contribution in [1.29, 1.82) is 0 Å². The Morgan fingerprint density at radius 1 is 1.12 bits per heavy atom. The van der Waals surface area contributed by atoms with E-state index in [2.05, 4.69) is 20.2 Å². The lowest BCUT2D eigenvalue weighted by molar-refractivity contribution is 1.09. The molecule has 0 radical (unpaired) electrons. The molecule has 2 N–H and O–H groups in total. The second-order valence-corrected chi connectivity index (χ2v) is 3.26. The summed E-state index contributed by atoms with van der Waals surface area (Å²) >= 11 is 0. The van der Waals surface area contributed by atoms with E-state index in [1.54, 1.807) is 29.1 Å². The highest BCUT2D eigenvalue weighted by atomic mass is 15.3. The zero-order valence-corrected chi connectivity index (χ0v) is 8.28. The molecule has 3 rings (SSSR count). The minimum Gasteiger partial charge on any atom is -0.369 e. The average molecular weight is 212 g/mol. The standard InChI is InChI=1S/C10H8N6/c11-10-13-5-3-8-14-15-9(16(8)10)7-2-1-4-12-6-7/h1-6H,(H2,11,13). The molecule has 0 amide bonds. The number of hydrogen-bond acceptors (Lipinski definition) is 5. The molecular weight excluding hydrogens is 204 g/mol. The summed E-state index contributed by atoms with van der Waals surface area (Å²) in [6.45, 7) is 0. The minimum absolute atomic E-state index is 0.362. The molecule has 0 unspecified atom stereocenters. The van der Waals surface area contributed by atoms with E-state index in [9.17, 15) is 0 Å². The molecule has 3 aromatic rings. The Labute approximate surface area is 90.8 Å². The number of fused-ring (bicyclic) bond motifs is 1. The quantitative estimate of drug-likeness (QED) is 0.644. The molecule has 6 heteroatoms. The molecule has 78 valence electrons. The van der Waals surface area contributed by atoms with Crippen LogP contribution in [0.25, 0.3) is 17.0 Å². The number of anilines is 1. The van der Waals surface area contributed by atoms with E-state index in [1.807, 2.05) is 12.1 Å². The molecule has 3 heterocycles. The highest BCUT2D eigenvalue weighted by Gasteiger charge is 2.09. The van der Waals surface area contributed by atoms with Gasteiger partial charge in [0.1, 0.15) is 0 Å². The maximum atomic E-state index is 5.79. The Hall–Kier alpha value is -2.50. The fraction of sp³-hybridized carbons (Fsp3) is 0. The van der Waals surface area contributed by atoms with Crippen LogP contribution in [-0.2, 0) is 0 Å². The van der Waals surface area contributed by atoms with Gasteiger partial charge in [0.05, 0.1) is 0 Å². The summed E-state index contributed by atoms with van der Waals surface area (Å²) in [5.74, 6) is 1.01. The van der Waals surface area contributed by atoms with Gasteiger partial charge in [0, 0.05) is 30.2 Å². The summed E-state index contributed by atoms with van der Waals surface area (Å²) in [5.41, 5.74) is 7.32. The number of hydrogen-bond donors (Lipinski definition) is 1. The smallest absolute Gasteiger partial charge is 0.207 e. The van der Waals surface area contributed by atoms with Gasteiger partial charge in [-0.2, -0.15) is 0 Å². The maximum absolute atomic E-state index is 5.79. The minimum atomic E-state index is 0.362. The normalized spacial score (nSPS) is 10.8. The third-order valence-corrected chi connectivity index (χ3v) is 2.27. The first-order valence-corrected chi connectivity index (χ1v) is 4.72. The summed E-state index contributed by atoms with van der Waals surface area (Å²) in [4.78, 5) is 8.04. The third kappa shape index (κ3) is 1.20. The van der Waals surface area contributed by atoms with Gasteiger partial charge in [0.25, 0.3) is 0 Å². The van der Waals surface area contributed by atoms with Crippen molar-refractivity contribution in [2.75, 3.05) is 5.73 Å². The number of nitrogens with zero attached hydrogens (tertiary/aromatic N) is 5. The molecule has 0 spiro atoms. The summed E-state index contributed by atoms with van der Waals surface area (Å²) in [6.07, 6.45) is 5.02. The van der Waals surface area contributed by atoms with E-state index in [0.29, 0.717) is 17.4 Å². The molecule has 0 aliphatic carbocycles. The molecule has 16 heavy (non-hydrogen) atoms. The fourth-order valence-corrected chi connectivity index (χ4v) is 1.55. The molecule has 0 aromatic carbocycles. The number of rotatable bonds is 1. The van der Waals surface area contributed by atoms with Crippen LogP contribution in [0.2, 0.25) is 0 Å². The van der Waals surface area contributed by atoms with Gasteiger partial charge in [-0.25, -0.2) is 9.38 Å². The summed E-state index contributed by atoms with van der Waals surface area (Å²) in [5, 5.41) is 8.10. The zero-order chi connectivity index (χ0) is 11.0. The van der Waals surface area contributed by atoms with Crippen LogP contribution in [0, 0.1) is 0 Å². The Kier molecular flexibility index (Phi) is 1.79. The van der Waals surface area contributed by atoms with Crippen molar-refractivity contribution in [3.63, 3.8) is 0 Å². The molecule has 6 nitrogen and oxygen atoms in total. The predicted octanol–water partition coefficient (Wildman–Crippen LogP) is 0.768. The molecular formula is C10H8N6. The highest BCUT2D eigenvalue weighted by molar-refractivity contribution is 5.60. The Bertz CT molecular complexity index is 630. The third-order valence-electron chi connectivity index (χ3n) is 2.27. The topological polar surface area (TPSA) is 82.0 Å². The van der Waals surface area contributed by atoms with Gasteiger partial charge >= 0.3 is 0 Å². The van der Waals surface area contributed by atoms with Gasteiger partial charge in [0.15, 0.2) is 11.5 Å². The lowest BCUT2D eigenvalue weighted by Crippen LogP contribution is -2.01. The van der Waals surface area contributed by atoms with Crippen molar-refractivity contribution in [2.45, 2.75) is 0 Å². The Morgan fingerprint density at radius 2 is 2.06 bits per heavy atom. The van der Waals surface area contributed by atoms with Crippen molar-refractivity contribution in [3.05, 3.63) is 36.8 Å². The first kappa shape index (κ1) is 8.78. The van der Waals surface area contributed by atoms with Crippen molar-refractivity contribution in [1.82, 2.24) is 24.6 Å². The number of aromatic nitrogens is 5. The Balaban J connectivity index is 2.33. The van der Waals surface area contributed by atoms with Crippen LogP contribution in [0.4, 0.5) is 5.95 Å². The van der Waals surface area contributed by atoms with E-state index < -0.39 is 0 Å². The van der Waals surface area contributed by atoms with E-state index in [-0.39, 0.29) is 0 Å². The van der Waals surface area contributed by atoms with Gasteiger partial charge in [-0.15, -0.1) is 10.2 Å². The summed E-state index contributed by atoms with van der Waals surface area (Å²) in [7, 11) is 0.